The SMILES string of the molecule is O.O=P(c1ccccc1)(c1ccccc1)c1ccc2c(c1)c1cc(P(c3ccccc3)c3ccccc3)ccc1n2-c1cccc(-n2c3ccccc3c3ccccc32)c1. The molecule has 2 N–H and O–H groups in total. The Bertz CT molecular complexity index is 3230. The summed E-state index contributed by atoms with van der Waals surface area (Å²) in [4.78, 5) is 0. The number of fused-ring (bicyclic) bond motifs is 6. The van der Waals surface area contributed by atoms with Crippen LogP contribution in [0.1, 0.15) is 0 Å². The molecule has 0 aliphatic rings. The monoisotopic (exact) mass is 810 g/mol. The lowest BCUT2D eigenvalue weighted by Gasteiger charge is -2.20. The van der Waals surface area contributed by atoms with Crippen LogP contribution in [0.4, 0.5) is 0 Å². The van der Waals surface area contributed by atoms with Gasteiger partial charge in [0.1, 0.15) is 0 Å². The minimum absolute atomic E-state index is 0. The number of para-hydroxylation sites is 2. The lowest BCUT2D eigenvalue weighted by molar-refractivity contribution is 0.592. The molecular weight excluding hydrogens is 771 g/mol. The maximum absolute atomic E-state index is 15.8. The number of rotatable bonds is 8. The lowest BCUT2D eigenvalue weighted by Crippen LogP contribution is -2.24. The van der Waals surface area contributed by atoms with E-state index in [4.69, 9.17) is 0 Å². The van der Waals surface area contributed by atoms with Crippen molar-refractivity contribution >= 4 is 90.5 Å². The molecule has 0 aliphatic heterocycles. The first-order valence-corrected chi connectivity index (χ1v) is 23.0. The van der Waals surface area contributed by atoms with Crippen LogP contribution in [0.2, 0.25) is 0 Å². The lowest BCUT2D eigenvalue weighted by atomic mass is 10.1. The van der Waals surface area contributed by atoms with E-state index in [-0.39, 0.29) is 5.48 Å². The molecule has 6 heteroatoms. The van der Waals surface area contributed by atoms with Crippen LogP contribution in [-0.2, 0) is 4.57 Å². The Morgan fingerprint density at radius 2 is 0.733 bits per heavy atom. The normalized spacial score (nSPS) is 11.8. The van der Waals surface area contributed by atoms with Crippen LogP contribution < -0.4 is 31.8 Å². The Kier molecular flexibility index (Phi) is 9.63. The Hall–Kier alpha value is -6.80. The van der Waals surface area contributed by atoms with E-state index < -0.39 is 15.1 Å². The number of hydrogen-bond acceptors (Lipinski definition) is 1. The number of hydrogen-bond donors (Lipinski definition) is 0. The zero-order valence-electron chi connectivity index (χ0n) is 32.6. The summed E-state index contributed by atoms with van der Waals surface area (Å²) in [6.07, 6.45) is 0. The van der Waals surface area contributed by atoms with Crippen molar-refractivity contribution in [1.82, 2.24) is 9.13 Å². The number of benzene rings is 9. The zero-order chi connectivity index (χ0) is 39.3. The summed E-state index contributed by atoms with van der Waals surface area (Å²) in [5.74, 6) is 0. The molecule has 0 saturated heterocycles. The molecule has 0 unspecified atom stereocenters. The van der Waals surface area contributed by atoms with Gasteiger partial charge >= 0.3 is 0 Å². The topological polar surface area (TPSA) is 58.4 Å². The van der Waals surface area contributed by atoms with E-state index in [1.807, 2.05) is 60.7 Å². The van der Waals surface area contributed by atoms with Crippen molar-refractivity contribution in [2.45, 2.75) is 0 Å². The van der Waals surface area contributed by atoms with Gasteiger partial charge in [0, 0.05) is 48.8 Å². The molecule has 4 nitrogen and oxygen atoms in total. The molecule has 0 atom stereocenters. The third-order valence-corrected chi connectivity index (χ3v) is 17.0. The Labute approximate surface area is 350 Å². The number of aromatic nitrogens is 2. The minimum atomic E-state index is -3.24. The molecular formula is C54H40N2O2P2. The maximum atomic E-state index is 15.8. The van der Waals surface area contributed by atoms with Crippen molar-refractivity contribution < 1.29 is 10.0 Å². The maximum Gasteiger partial charge on any atom is 0.171 e. The summed E-state index contributed by atoms with van der Waals surface area (Å²) in [6, 6.07) is 81.4. The van der Waals surface area contributed by atoms with Crippen molar-refractivity contribution in [3.8, 4) is 11.4 Å². The summed E-state index contributed by atoms with van der Waals surface area (Å²) in [5.41, 5.74) is 6.68. The van der Waals surface area contributed by atoms with Crippen LogP contribution >= 0.6 is 15.1 Å². The first kappa shape index (κ1) is 37.5. The summed E-state index contributed by atoms with van der Waals surface area (Å²) in [5, 5.41) is 11.0. The molecule has 2 heterocycles. The average Bonchev–Trinajstić information content (AvgIpc) is 3.82. The highest BCUT2D eigenvalue weighted by Gasteiger charge is 2.31. The van der Waals surface area contributed by atoms with E-state index in [0.717, 1.165) is 49.1 Å². The van der Waals surface area contributed by atoms with Crippen molar-refractivity contribution in [2.75, 3.05) is 0 Å². The molecule has 0 aliphatic carbocycles. The Morgan fingerprint density at radius 3 is 1.25 bits per heavy atom. The molecule has 60 heavy (non-hydrogen) atoms. The second-order valence-corrected chi connectivity index (χ2v) is 19.9. The molecule has 9 aromatic carbocycles. The van der Waals surface area contributed by atoms with Gasteiger partial charge in [-0.05, 0) is 84.5 Å². The van der Waals surface area contributed by atoms with Gasteiger partial charge in [-0.2, -0.15) is 0 Å². The van der Waals surface area contributed by atoms with Crippen molar-refractivity contribution in [3.05, 3.63) is 231 Å². The van der Waals surface area contributed by atoms with E-state index in [1.165, 1.54) is 37.7 Å². The fourth-order valence-electron chi connectivity index (χ4n) is 8.91. The summed E-state index contributed by atoms with van der Waals surface area (Å²) in [7, 11) is -4.10. The quantitative estimate of drug-likeness (QED) is 0.141. The minimum Gasteiger partial charge on any atom is -0.412 e. The van der Waals surface area contributed by atoms with Gasteiger partial charge in [0.25, 0.3) is 0 Å². The number of nitrogens with zero attached hydrogens (tertiary/aromatic N) is 2. The van der Waals surface area contributed by atoms with Gasteiger partial charge in [-0.1, -0.05) is 170 Å². The van der Waals surface area contributed by atoms with E-state index in [9.17, 15) is 0 Å². The van der Waals surface area contributed by atoms with Crippen molar-refractivity contribution in [3.63, 3.8) is 0 Å². The van der Waals surface area contributed by atoms with Crippen LogP contribution in [0.5, 0.6) is 0 Å². The summed E-state index contributed by atoms with van der Waals surface area (Å²) in [6.45, 7) is 0. The molecule has 0 bridgehead atoms. The van der Waals surface area contributed by atoms with Crippen molar-refractivity contribution in [2.24, 2.45) is 0 Å². The van der Waals surface area contributed by atoms with Gasteiger partial charge < -0.3 is 19.2 Å². The second-order valence-electron chi connectivity index (χ2n) is 14.9. The highest BCUT2D eigenvalue weighted by Crippen LogP contribution is 2.45. The molecule has 0 radical (unpaired) electrons. The smallest absolute Gasteiger partial charge is 0.171 e. The van der Waals surface area contributed by atoms with E-state index in [1.54, 1.807) is 0 Å². The Balaban J connectivity index is 0.00000433. The van der Waals surface area contributed by atoms with Crippen LogP contribution in [0, 0.1) is 0 Å². The fraction of sp³-hybridized carbons (Fsp3) is 0. The van der Waals surface area contributed by atoms with Crippen LogP contribution in [0.25, 0.3) is 55.0 Å². The molecule has 11 aromatic rings. The van der Waals surface area contributed by atoms with Gasteiger partial charge in [0.2, 0.25) is 0 Å². The van der Waals surface area contributed by atoms with E-state index in [0.29, 0.717) is 0 Å². The standard InChI is InChI=1S/C54H38N2OP2.H2O/c57-59(44-24-9-3-10-25-44,45-26-11-4-12-27-45)46-33-35-54-50(38-46)49-37-43(58(41-20-5-1-6-21-41)42-22-7-2-8-23-42)32-34-53(49)56(54)40-19-17-18-39(36-40)55-51-30-15-13-28-47(51)48-29-14-16-31-52(48)55;/h1-38H;1H2. The van der Waals surface area contributed by atoms with Gasteiger partial charge in [0.15, 0.2) is 7.14 Å². The van der Waals surface area contributed by atoms with Crippen molar-refractivity contribution in [1.29, 1.82) is 0 Å². The van der Waals surface area contributed by atoms with Crippen LogP contribution in [0.15, 0.2) is 231 Å². The van der Waals surface area contributed by atoms with Gasteiger partial charge in [-0.3, -0.25) is 0 Å². The highest BCUT2D eigenvalue weighted by atomic mass is 31.2. The molecule has 11 rings (SSSR count). The molecule has 0 spiro atoms. The predicted molar refractivity (Wildman–Crippen MR) is 257 cm³/mol. The first-order valence-electron chi connectivity index (χ1n) is 20.0. The molecule has 0 amide bonds. The Morgan fingerprint density at radius 1 is 0.317 bits per heavy atom. The van der Waals surface area contributed by atoms with Crippen LogP contribution in [0.3, 0.4) is 0 Å². The van der Waals surface area contributed by atoms with Gasteiger partial charge in [-0.25, -0.2) is 0 Å². The summed E-state index contributed by atoms with van der Waals surface area (Å²) < 4.78 is 20.6. The highest BCUT2D eigenvalue weighted by molar-refractivity contribution is 7.85. The zero-order valence-corrected chi connectivity index (χ0v) is 34.4. The fourth-order valence-corrected chi connectivity index (χ4v) is 13.9. The molecule has 288 valence electrons. The van der Waals surface area contributed by atoms with Gasteiger partial charge in [-0.15, -0.1) is 0 Å². The molecule has 0 saturated carbocycles. The molecule has 0 fully saturated rings. The molecule has 2 aromatic heterocycles. The largest absolute Gasteiger partial charge is 0.412 e. The first-order chi connectivity index (χ1) is 29.2. The second kappa shape index (κ2) is 15.4. The van der Waals surface area contributed by atoms with Gasteiger partial charge in [0.05, 0.1) is 22.1 Å². The average molecular weight is 811 g/mol. The summed E-state index contributed by atoms with van der Waals surface area (Å²) >= 11 is 0. The predicted octanol–water partition coefficient (Wildman–Crippen LogP) is 10.5. The van der Waals surface area contributed by atoms with E-state index in [2.05, 4.69) is 179 Å². The third-order valence-electron chi connectivity index (χ3n) is 11.5. The van der Waals surface area contributed by atoms with Crippen LogP contribution in [-0.4, -0.2) is 14.6 Å². The third kappa shape index (κ3) is 6.12. The van der Waals surface area contributed by atoms with E-state index >= 15 is 4.57 Å².